The molecule has 15 heavy (non-hydrogen) atoms. The molecule has 0 aliphatic carbocycles. The van der Waals surface area contributed by atoms with Crippen LogP contribution >= 0.6 is 0 Å². The molecular formula is C9H6F3NO2. The van der Waals surface area contributed by atoms with Crippen molar-refractivity contribution in [2.75, 3.05) is 0 Å². The molecule has 0 bridgehead atoms. The highest BCUT2D eigenvalue weighted by molar-refractivity contribution is 5.72. The minimum Gasteiger partial charge on any atom is -0.408 e. The Balaban J connectivity index is 2.60. The number of aromatic nitrogens is 1. The molecule has 0 unspecified atom stereocenters. The molecule has 0 aliphatic rings. The van der Waals surface area contributed by atoms with E-state index in [1.807, 2.05) is 0 Å². The van der Waals surface area contributed by atoms with E-state index >= 15 is 0 Å². The van der Waals surface area contributed by atoms with Crippen LogP contribution in [-0.2, 0) is 6.54 Å². The van der Waals surface area contributed by atoms with Gasteiger partial charge in [0.05, 0.1) is 5.52 Å². The lowest BCUT2D eigenvalue weighted by molar-refractivity contribution is -0.140. The van der Waals surface area contributed by atoms with Crippen LogP contribution in [0.2, 0.25) is 0 Å². The molecule has 2 rings (SSSR count). The molecule has 1 aromatic carbocycles. The van der Waals surface area contributed by atoms with E-state index in [1.54, 1.807) is 12.1 Å². The van der Waals surface area contributed by atoms with Gasteiger partial charge in [0.1, 0.15) is 6.54 Å². The number of para-hydroxylation sites is 2. The van der Waals surface area contributed by atoms with Crippen LogP contribution in [0.1, 0.15) is 0 Å². The number of alkyl halides is 3. The zero-order chi connectivity index (χ0) is 11.1. The normalized spacial score (nSPS) is 12.2. The molecule has 2 aromatic rings. The van der Waals surface area contributed by atoms with E-state index in [9.17, 15) is 18.0 Å². The van der Waals surface area contributed by atoms with Gasteiger partial charge in [-0.15, -0.1) is 0 Å². The highest BCUT2D eigenvalue weighted by Crippen LogP contribution is 2.20. The van der Waals surface area contributed by atoms with E-state index in [4.69, 9.17) is 0 Å². The summed E-state index contributed by atoms with van der Waals surface area (Å²) in [6.45, 7) is -1.33. The van der Waals surface area contributed by atoms with Gasteiger partial charge < -0.3 is 4.42 Å². The van der Waals surface area contributed by atoms with E-state index in [0.29, 0.717) is 4.57 Å². The fourth-order valence-corrected chi connectivity index (χ4v) is 1.34. The summed E-state index contributed by atoms with van der Waals surface area (Å²) in [7, 11) is 0. The number of nitrogens with zero attached hydrogens (tertiary/aromatic N) is 1. The van der Waals surface area contributed by atoms with Crippen molar-refractivity contribution in [3.05, 3.63) is 34.8 Å². The van der Waals surface area contributed by atoms with Gasteiger partial charge in [-0.3, -0.25) is 4.57 Å². The second-order valence-corrected chi connectivity index (χ2v) is 3.04. The number of hydrogen-bond acceptors (Lipinski definition) is 2. The lowest BCUT2D eigenvalue weighted by atomic mass is 10.3. The van der Waals surface area contributed by atoms with Gasteiger partial charge in [0.2, 0.25) is 0 Å². The summed E-state index contributed by atoms with van der Waals surface area (Å²) in [5.41, 5.74) is 0.312. The fraction of sp³-hybridized carbons (Fsp3) is 0.222. The molecule has 3 nitrogen and oxygen atoms in total. The fourth-order valence-electron chi connectivity index (χ4n) is 1.34. The van der Waals surface area contributed by atoms with Gasteiger partial charge in [-0.1, -0.05) is 12.1 Å². The van der Waals surface area contributed by atoms with Crippen LogP contribution < -0.4 is 5.76 Å². The highest BCUT2D eigenvalue weighted by Gasteiger charge is 2.30. The number of benzene rings is 1. The Morgan fingerprint density at radius 3 is 2.60 bits per heavy atom. The third-order valence-electron chi connectivity index (χ3n) is 1.91. The number of oxazole rings is 1. The van der Waals surface area contributed by atoms with Gasteiger partial charge in [0, 0.05) is 0 Å². The van der Waals surface area contributed by atoms with E-state index in [-0.39, 0.29) is 11.1 Å². The first-order valence-corrected chi connectivity index (χ1v) is 4.12. The van der Waals surface area contributed by atoms with E-state index < -0.39 is 18.5 Å². The second-order valence-electron chi connectivity index (χ2n) is 3.04. The molecule has 0 radical (unpaired) electrons. The minimum absolute atomic E-state index is 0.153. The Morgan fingerprint density at radius 1 is 1.27 bits per heavy atom. The van der Waals surface area contributed by atoms with Gasteiger partial charge in [-0.05, 0) is 12.1 Å². The lowest BCUT2D eigenvalue weighted by Crippen LogP contribution is -2.24. The molecule has 1 aromatic heterocycles. The topological polar surface area (TPSA) is 35.1 Å². The number of hydrogen-bond donors (Lipinski definition) is 0. The smallest absolute Gasteiger partial charge is 0.408 e. The summed E-state index contributed by atoms with van der Waals surface area (Å²) in [6, 6.07) is 5.99. The maximum atomic E-state index is 12.1. The molecule has 0 saturated heterocycles. The molecule has 80 valence electrons. The van der Waals surface area contributed by atoms with E-state index in [1.165, 1.54) is 12.1 Å². The first-order chi connectivity index (χ1) is 6.97. The first kappa shape index (κ1) is 9.82. The summed E-state index contributed by atoms with van der Waals surface area (Å²) < 4.78 is 41.6. The van der Waals surface area contributed by atoms with Crippen molar-refractivity contribution in [2.45, 2.75) is 12.7 Å². The van der Waals surface area contributed by atoms with Crippen molar-refractivity contribution in [3.8, 4) is 0 Å². The molecular weight excluding hydrogens is 211 g/mol. The molecule has 0 amide bonds. The lowest BCUT2D eigenvalue weighted by Gasteiger charge is -2.05. The summed E-state index contributed by atoms with van der Waals surface area (Å²) in [5, 5.41) is 0. The van der Waals surface area contributed by atoms with Gasteiger partial charge in [0.25, 0.3) is 0 Å². The van der Waals surface area contributed by atoms with Crippen LogP contribution in [0, 0.1) is 0 Å². The Hall–Kier alpha value is -1.72. The Morgan fingerprint density at radius 2 is 1.93 bits per heavy atom. The van der Waals surface area contributed by atoms with E-state index in [2.05, 4.69) is 4.42 Å². The largest absolute Gasteiger partial charge is 0.420 e. The number of halogens is 3. The summed E-state index contributed by atoms with van der Waals surface area (Å²) in [4.78, 5) is 11.1. The van der Waals surface area contributed by atoms with Gasteiger partial charge in [0.15, 0.2) is 5.58 Å². The second kappa shape index (κ2) is 3.15. The number of fused-ring (bicyclic) bond motifs is 1. The van der Waals surface area contributed by atoms with Gasteiger partial charge in [-0.25, -0.2) is 4.79 Å². The van der Waals surface area contributed by atoms with Crippen LogP contribution in [0.25, 0.3) is 11.1 Å². The van der Waals surface area contributed by atoms with Crippen molar-refractivity contribution in [3.63, 3.8) is 0 Å². The Bertz CT molecular complexity index is 538. The first-order valence-electron chi connectivity index (χ1n) is 4.12. The van der Waals surface area contributed by atoms with Crippen molar-refractivity contribution in [1.82, 2.24) is 4.57 Å². The molecule has 0 fully saturated rings. The zero-order valence-electron chi connectivity index (χ0n) is 7.41. The summed E-state index contributed by atoms with van der Waals surface area (Å²) in [5.74, 6) is -0.992. The van der Waals surface area contributed by atoms with Gasteiger partial charge in [-0.2, -0.15) is 13.2 Å². The maximum absolute atomic E-state index is 12.1. The molecule has 0 atom stereocenters. The van der Waals surface area contributed by atoms with Crippen LogP contribution in [0.3, 0.4) is 0 Å². The Labute approximate surface area is 81.7 Å². The molecule has 0 aliphatic heterocycles. The Kier molecular flexibility index (Phi) is 2.06. The van der Waals surface area contributed by atoms with E-state index in [0.717, 1.165) is 0 Å². The monoisotopic (exact) mass is 217 g/mol. The highest BCUT2D eigenvalue weighted by atomic mass is 19.4. The SMILES string of the molecule is O=c1oc2ccccc2n1CC(F)(F)F. The summed E-state index contributed by atoms with van der Waals surface area (Å²) >= 11 is 0. The average molecular weight is 217 g/mol. The third kappa shape index (κ3) is 1.88. The van der Waals surface area contributed by atoms with Crippen LogP contribution in [0.4, 0.5) is 13.2 Å². The molecule has 6 heteroatoms. The molecule has 0 saturated carbocycles. The minimum atomic E-state index is -4.43. The van der Waals surface area contributed by atoms with Crippen LogP contribution in [0.15, 0.2) is 33.5 Å². The molecule has 0 spiro atoms. The molecule has 0 N–H and O–H groups in total. The van der Waals surface area contributed by atoms with Crippen LogP contribution in [0.5, 0.6) is 0 Å². The quantitative estimate of drug-likeness (QED) is 0.733. The van der Waals surface area contributed by atoms with Crippen molar-refractivity contribution in [2.24, 2.45) is 0 Å². The third-order valence-corrected chi connectivity index (χ3v) is 1.91. The predicted octanol–water partition coefficient (Wildman–Crippen LogP) is 2.16. The van der Waals surface area contributed by atoms with Crippen LogP contribution in [-0.4, -0.2) is 10.7 Å². The summed E-state index contributed by atoms with van der Waals surface area (Å²) in [6.07, 6.45) is -4.43. The van der Waals surface area contributed by atoms with Crippen molar-refractivity contribution in [1.29, 1.82) is 0 Å². The van der Waals surface area contributed by atoms with Crippen molar-refractivity contribution >= 4 is 11.1 Å². The molecule has 1 heterocycles. The zero-order valence-corrected chi connectivity index (χ0v) is 7.41. The van der Waals surface area contributed by atoms with Crippen molar-refractivity contribution < 1.29 is 17.6 Å². The standard InChI is InChI=1S/C9H6F3NO2/c10-9(11,12)5-13-6-3-1-2-4-7(6)15-8(13)14/h1-4H,5H2. The number of rotatable bonds is 1. The maximum Gasteiger partial charge on any atom is 0.420 e. The predicted molar refractivity (Wildman–Crippen MR) is 46.5 cm³/mol. The van der Waals surface area contributed by atoms with Gasteiger partial charge >= 0.3 is 11.9 Å². The average Bonchev–Trinajstić information content (AvgIpc) is 2.41.